The van der Waals surface area contributed by atoms with Crippen molar-refractivity contribution >= 4 is 11.8 Å². The monoisotopic (exact) mass is 336 g/mol. The van der Waals surface area contributed by atoms with Crippen LogP contribution in [0.3, 0.4) is 0 Å². The number of carbonyl (C=O) groups excluding carboxylic acids is 2. The standard InChI is InChI=1S/C18H24O6/c1-6-24-16(20)18(15(19)17(18,2)3)11-23-10-12-7-8-13(21-4)9-14(12)22-5/h7-9H,6,10-11H2,1-5H3. The third-order valence-electron chi connectivity index (χ3n) is 4.65. The number of Topliss-reactive ketones (excluding diaryl/α,β-unsaturated/α-hetero) is 1. The molecule has 0 heterocycles. The van der Waals surface area contributed by atoms with Crippen LogP contribution in [0, 0.1) is 10.8 Å². The van der Waals surface area contributed by atoms with E-state index in [2.05, 4.69) is 0 Å². The minimum atomic E-state index is -1.21. The van der Waals surface area contributed by atoms with Crippen LogP contribution in [0.1, 0.15) is 26.3 Å². The van der Waals surface area contributed by atoms with Crippen LogP contribution < -0.4 is 9.47 Å². The SMILES string of the molecule is CCOC(=O)C1(COCc2ccc(OC)cc2OC)C(=O)C1(C)C. The van der Waals surface area contributed by atoms with Crippen molar-refractivity contribution in [2.24, 2.45) is 10.8 Å². The van der Waals surface area contributed by atoms with Crippen molar-refractivity contribution in [1.82, 2.24) is 0 Å². The van der Waals surface area contributed by atoms with Gasteiger partial charge in [0.25, 0.3) is 0 Å². The maximum absolute atomic E-state index is 12.2. The minimum Gasteiger partial charge on any atom is -0.497 e. The van der Waals surface area contributed by atoms with Gasteiger partial charge in [-0.25, -0.2) is 0 Å². The number of ether oxygens (including phenoxy) is 4. The second-order valence-corrected chi connectivity index (χ2v) is 6.25. The van der Waals surface area contributed by atoms with Crippen molar-refractivity contribution in [3.63, 3.8) is 0 Å². The smallest absolute Gasteiger partial charge is 0.323 e. The van der Waals surface area contributed by atoms with Crippen molar-refractivity contribution in [2.45, 2.75) is 27.4 Å². The van der Waals surface area contributed by atoms with Crippen LogP contribution in [-0.2, 0) is 25.7 Å². The van der Waals surface area contributed by atoms with Crippen LogP contribution in [0.2, 0.25) is 0 Å². The Morgan fingerprint density at radius 2 is 1.83 bits per heavy atom. The summed E-state index contributed by atoms with van der Waals surface area (Å²) in [4.78, 5) is 24.4. The van der Waals surface area contributed by atoms with E-state index >= 15 is 0 Å². The molecule has 1 aliphatic carbocycles. The fourth-order valence-electron chi connectivity index (χ4n) is 2.88. The van der Waals surface area contributed by atoms with E-state index in [0.29, 0.717) is 11.5 Å². The van der Waals surface area contributed by atoms with E-state index in [1.807, 2.05) is 6.07 Å². The van der Waals surface area contributed by atoms with Gasteiger partial charge in [-0.2, -0.15) is 0 Å². The third-order valence-corrected chi connectivity index (χ3v) is 4.65. The Hall–Kier alpha value is -2.08. The predicted octanol–water partition coefficient (Wildman–Crippen LogP) is 2.38. The van der Waals surface area contributed by atoms with Gasteiger partial charge in [-0.05, 0) is 19.1 Å². The summed E-state index contributed by atoms with van der Waals surface area (Å²) in [6.07, 6.45) is 0. The average Bonchev–Trinajstić information content (AvgIpc) is 3.01. The quantitative estimate of drug-likeness (QED) is 0.536. The highest BCUT2D eigenvalue weighted by Crippen LogP contribution is 2.60. The molecule has 6 heteroatoms. The zero-order valence-corrected chi connectivity index (χ0v) is 14.8. The molecule has 0 bridgehead atoms. The second kappa shape index (κ2) is 6.81. The molecule has 0 radical (unpaired) electrons. The summed E-state index contributed by atoms with van der Waals surface area (Å²) in [5, 5.41) is 0. The van der Waals surface area contributed by atoms with E-state index in [4.69, 9.17) is 18.9 Å². The van der Waals surface area contributed by atoms with Gasteiger partial charge in [0.05, 0.1) is 39.5 Å². The Labute approximate surface area is 142 Å². The van der Waals surface area contributed by atoms with Gasteiger partial charge in [-0.1, -0.05) is 13.8 Å². The lowest BCUT2D eigenvalue weighted by Gasteiger charge is -2.17. The zero-order valence-electron chi connectivity index (χ0n) is 14.8. The van der Waals surface area contributed by atoms with Crippen LogP contribution in [0.5, 0.6) is 11.5 Å². The molecular weight excluding hydrogens is 312 g/mol. The molecule has 1 unspecified atom stereocenters. The van der Waals surface area contributed by atoms with E-state index in [-0.39, 0.29) is 25.6 Å². The number of carbonyl (C=O) groups is 2. The van der Waals surface area contributed by atoms with E-state index in [1.54, 1.807) is 47.1 Å². The van der Waals surface area contributed by atoms with E-state index < -0.39 is 16.8 Å². The highest BCUT2D eigenvalue weighted by atomic mass is 16.5. The number of hydrogen-bond acceptors (Lipinski definition) is 6. The van der Waals surface area contributed by atoms with Gasteiger partial charge in [0.15, 0.2) is 11.2 Å². The molecule has 1 aliphatic rings. The first-order valence-electron chi connectivity index (χ1n) is 7.86. The first-order chi connectivity index (χ1) is 11.3. The number of esters is 1. The molecular formula is C18H24O6. The summed E-state index contributed by atoms with van der Waals surface area (Å²) in [7, 11) is 3.14. The molecule has 0 N–H and O–H groups in total. The van der Waals surface area contributed by atoms with Gasteiger partial charge >= 0.3 is 5.97 Å². The number of methoxy groups -OCH3 is 2. The maximum atomic E-state index is 12.2. The molecule has 2 rings (SSSR count). The van der Waals surface area contributed by atoms with Crippen LogP contribution in [0.4, 0.5) is 0 Å². The Kier molecular flexibility index (Phi) is 5.18. The summed E-state index contributed by atoms with van der Waals surface area (Å²) in [5.74, 6) is 0.648. The maximum Gasteiger partial charge on any atom is 0.323 e. The Balaban J connectivity index is 2.07. The van der Waals surface area contributed by atoms with E-state index in [0.717, 1.165) is 5.56 Å². The lowest BCUT2D eigenvalue weighted by molar-refractivity contribution is -0.155. The molecule has 0 aromatic heterocycles. The summed E-state index contributed by atoms with van der Waals surface area (Å²) in [6.45, 7) is 5.64. The van der Waals surface area contributed by atoms with Gasteiger partial charge in [0.2, 0.25) is 0 Å². The van der Waals surface area contributed by atoms with Crippen LogP contribution in [-0.4, -0.2) is 39.2 Å². The molecule has 1 aromatic rings. The minimum absolute atomic E-state index is 0.00709. The molecule has 6 nitrogen and oxygen atoms in total. The Morgan fingerprint density at radius 1 is 1.17 bits per heavy atom. The fraction of sp³-hybridized carbons (Fsp3) is 0.556. The number of ketones is 1. The Morgan fingerprint density at radius 3 is 2.33 bits per heavy atom. The second-order valence-electron chi connectivity index (χ2n) is 6.25. The molecule has 1 fully saturated rings. The lowest BCUT2D eigenvalue weighted by Crippen LogP contribution is -2.30. The molecule has 1 aromatic carbocycles. The highest BCUT2D eigenvalue weighted by molar-refractivity contribution is 6.22. The molecule has 1 saturated carbocycles. The topological polar surface area (TPSA) is 71.1 Å². The molecule has 1 atom stereocenters. The first-order valence-corrected chi connectivity index (χ1v) is 7.86. The summed E-state index contributed by atoms with van der Waals surface area (Å²) in [6, 6.07) is 5.38. The first kappa shape index (κ1) is 18.3. The average molecular weight is 336 g/mol. The third kappa shape index (κ3) is 2.86. The van der Waals surface area contributed by atoms with Gasteiger partial charge in [-0.3, -0.25) is 9.59 Å². The van der Waals surface area contributed by atoms with Gasteiger partial charge in [0, 0.05) is 11.6 Å². The number of rotatable bonds is 8. The predicted molar refractivity (Wildman–Crippen MR) is 87.1 cm³/mol. The van der Waals surface area contributed by atoms with Crippen molar-refractivity contribution < 1.29 is 28.5 Å². The highest BCUT2D eigenvalue weighted by Gasteiger charge is 2.77. The van der Waals surface area contributed by atoms with Gasteiger partial charge in [0.1, 0.15) is 11.5 Å². The van der Waals surface area contributed by atoms with Crippen molar-refractivity contribution in [2.75, 3.05) is 27.4 Å². The molecule has 0 aliphatic heterocycles. The van der Waals surface area contributed by atoms with Crippen LogP contribution in [0.25, 0.3) is 0 Å². The van der Waals surface area contributed by atoms with Crippen LogP contribution in [0.15, 0.2) is 18.2 Å². The molecule has 0 spiro atoms. The number of hydrogen-bond donors (Lipinski definition) is 0. The van der Waals surface area contributed by atoms with Crippen molar-refractivity contribution in [3.8, 4) is 11.5 Å². The normalized spacial score (nSPS) is 21.3. The Bertz CT molecular complexity index is 636. The molecule has 24 heavy (non-hydrogen) atoms. The van der Waals surface area contributed by atoms with E-state index in [1.165, 1.54) is 0 Å². The summed E-state index contributed by atoms with van der Waals surface area (Å²) in [5.41, 5.74) is -1.16. The zero-order chi connectivity index (χ0) is 18.0. The number of benzene rings is 1. The van der Waals surface area contributed by atoms with Gasteiger partial charge in [-0.15, -0.1) is 0 Å². The largest absolute Gasteiger partial charge is 0.497 e. The molecule has 0 saturated heterocycles. The summed E-state index contributed by atoms with van der Waals surface area (Å²) < 4.78 is 21.2. The van der Waals surface area contributed by atoms with Gasteiger partial charge < -0.3 is 18.9 Å². The lowest BCUT2D eigenvalue weighted by atomic mass is 9.97. The van der Waals surface area contributed by atoms with Crippen molar-refractivity contribution in [1.29, 1.82) is 0 Å². The molecule has 132 valence electrons. The fourth-order valence-corrected chi connectivity index (χ4v) is 2.88. The van der Waals surface area contributed by atoms with Crippen molar-refractivity contribution in [3.05, 3.63) is 23.8 Å². The molecule has 0 amide bonds. The van der Waals surface area contributed by atoms with E-state index in [9.17, 15) is 9.59 Å². The van der Waals surface area contributed by atoms with Crippen LogP contribution >= 0.6 is 0 Å². The summed E-state index contributed by atoms with van der Waals surface area (Å²) >= 11 is 0.